The maximum atomic E-state index is 13.3. The fourth-order valence-electron chi connectivity index (χ4n) is 1.88. The van der Waals surface area contributed by atoms with Gasteiger partial charge in [-0.2, -0.15) is 0 Å². The molecule has 1 radical (unpaired) electrons. The van der Waals surface area contributed by atoms with Gasteiger partial charge in [-0.3, -0.25) is 17.6 Å². The van der Waals surface area contributed by atoms with Crippen LogP contribution in [-0.2, 0) is 39.1 Å². The molecule has 0 amide bonds. The summed E-state index contributed by atoms with van der Waals surface area (Å²) in [6.45, 7) is 2.10. The van der Waals surface area contributed by atoms with Crippen molar-refractivity contribution < 1.29 is 50.3 Å². The Morgan fingerprint density at radius 2 is 1.47 bits per heavy atom. The Bertz CT molecular complexity index is 357. The number of unbranched alkanes of at least 4 members (excludes halogenated alkanes) is 4. The molecule has 0 saturated heterocycles. The van der Waals surface area contributed by atoms with Crippen LogP contribution in [0.3, 0.4) is 0 Å². The third kappa shape index (κ3) is 6.26. The molecule has 0 aliphatic rings. The first-order valence-electron chi connectivity index (χ1n) is 6.22. The number of hydrogen-bond acceptors (Lipinski definition) is 0. The monoisotopic (exact) mass is 350 g/mol. The maximum absolute atomic E-state index is 13.3. The van der Waals surface area contributed by atoms with Crippen molar-refractivity contribution in [3.8, 4) is 0 Å². The molecule has 1 aromatic carbocycles. The number of benzene rings is 1. The van der Waals surface area contributed by atoms with E-state index >= 15 is 0 Å². The fraction of sp³-hybridized carbons (Fsp3) is 0.500. The van der Waals surface area contributed by atoms with Crippen LogP contribution in [0.15, 0.2) is 12.1 Å². The second kappa shape index (κ2) is 9.76. The Balaban J connectivity index is 0.00000324. The molecule has 0 nitrogen and oxygen atoms in total. The summed E-state index contributed by atoms with van der Waals surface area (Å²) >= 11 is 0. The SMILES string of the molecule is CCCCCCCc1cc(F)c([C-](F)F)c(F)c1.[Y]. The number of aryl methyl sites for hydroxylation is 1. The van der Waals surface area contributed by atoms with Crippen LogP contribution in [0, 0.1) is 18.1 Å². The van der Waals surface area contributed by atoms with Gasteiger partial charge in [-0.25, -0.2) is 0 Å². The molecule has 0 aliphatic heterocycles. The normalized spacial score (nSPS) is 10.2. The van der Waals surface area contributed by atoms with Crippen LogP contribution in [0.5, 0.6) is 0 Å². The first-order chi connectivity index (χ1) is 8.56. The third-order valence-corrected chi connectivity index (χ3v) is 2.86. The van der Waals surface area contributed by atoms with E-state index in [4.69, 9.17) is 0 Å². The van der Waals surface area contributed by atoms with Crippen molar-refractivity contribution in [2.24, 2.45) is 0 Å². The molecule has 0 bridgehead atoms. The summed E-state index contributed by atoms with van der Waals surface area (Å²) in [5.41, 5.74) is -0.767. The molecule has 0 spiro atoms. The average molecular weight is 350 g/mol. The van der Waals surface area contributed by atoms with Crippen molar-refractivity contribution in [3.05, 3.63) is 41.3 Å². The van der Waals surface area contributed by atoms with E-state index in [1.807, 2.05) is 0 Å². The molecule has 19 heavy (non-hydrogen) atoms. The largest absolute Gasteiger partial charge is 0.283 e. The van der Waals surface area contributed by atoms with Crippen LogP contribution >= 0.6 is 0 Å². The molecule has 0 unspecified atom stereocenters. The Morgan fingerprint density at radius 1 is 0.947 bits per heavy atom. The van der Waals surface area contributed by atoms with E-state index in [0.29, 0.717) is 12.0 Å². The molecule has 0 fully saturated rings. The second-order valence-electron chi connectivity index (χ2n) is 4.36. The smallest absolute Gasteiger partial charge is 0.164 e. The summed E-state index contributed by atoms with van der Waals surface area (Å²) < 4.78 is 51.0. The fourth-order valence-corrected chi connectivity index (χ4v) is 1.88. The van der Waals surface area contributed by atoms with Crippen LogP contribution in [-0.4, -0.2) is 0 Å². The quantitative estimate of drug-likeness (QED) is 0.358. The first kappa shape index (κ1) is 18.9. The van der Waals surface area contributed by atoms with Crippen molar-refractivity contribution >= 4 is 0 Å². The van der Waals surface area contributed by atoms with Crippen molar-refractivity contribution in [2.75, 3.05) is 0 Å². The van der Waals surface area contributed by atoms with Crippen molar-refractivity contribution in [1.82, 2.24) is 0 Å². The van der Waals surface area contributed by atoms with Crippen molar-refractivity contribution in [1.29, 1.82) is 0 Å². The van der Waals surface area contributed by atoms with Crippen LogP contribution in [0.25, 0.3) is 0 Å². The number of hydrogen-bond donors (Lipinski definition) is 0. The zero-order valence-corrected chi connectivity index (χ0v) is 13.8. The van der Waals surface area contributed by atoms with Crippen molar-refractivity contribution in [3.63, 3.8) is 0 Å². The summed E-state index contributed by atoms with van der Waals surface area (Å²) in [7, 11) is 0. The van der Waals surface area contributed by atoms with Crippen molar-refractivity contribution in [2.45, 2.75) is 45.4 Å². The molecule has 0 saturated carbocycles. The van der Waals surface area contributed by atoms with E-state index in [-0.39, 0.29) is 32.7 Å². The Kier molecular flexibility index (Phi) is 9.72. The minimum absolute atomic E-state index is 0. The van der Waals surface area contributed by atoms with Gasteiger partial charge in [0.2, 0.25) is 0 Å². The molecule has 105 valence electrons. The number of rotatable bonds is 7. The van der Waals surface area contributed by atoms with E-state index in [0.717, 1.165) is 44.2 Å². The van der Waals surface area contributed by atoms with Gasteiger partial charge in [0.25, 0.3) is 0 Å². The van der Waals surface area contributed by atoms with E-state index in [2.05, 4.69) is 6.92 Å². The average Bonchev–Trinajstić information content (AvgIpc) is 2.27. The molecular weight excluding hydrogens is 333 g/mol. The Morgan fingerprint density at radius 3 is 1.95 bits per heavy atom. The molecular formula is C14H17F4Y-. The Hall–Kier alpha value is -0.0861. The molecule has 0 aromatic heterocycles. The number of halogens is 4. The zero-order chi connectivity index (χ0) is 13.5. The zero-order valence-electron chi connectivity index (χ0n) is 11.0. The summed E-state index contributed by atoms with van der Waals surface area (Å²) in [5, 5.41) is 0. The van der Waals surface area contributed by atoms with Gasteiger partial charge in [-0.15, -0.1) is 0 Å². The molecule has 0 N–H and O–H groups in total. The molecule has 0 heterocycles. The van der Waals surface area contributed by atoms with E-state index < -0.39 is 23.6 Å². The van der Waals surface area contributed by atoms with Gasteiger partial charge in [-0.1, -0.05) is 55.9 Å². The molecule has 0 aliphatic carbocycles. The van der Waals surface area contributed by atoms with Gasteiger partial charge in [-0.05, 0) is 12.8 Å². The van der Waals surface area contributed by atoms with Gasteiger partial charge < -0.3 is 0 Å². The van der Waals surface area contributed by atoms with Crippen LogP contribution in [0.4, 0.5) is 17.6 Å². The predicted octanol–water partition coefficient (Wildman–Crippen LogP) is 5.25. The minimum atomic E-state index is -2.32. The Labute approximate surface area is 136 Å². The van der Waals surface area contributed by atoms with Crippen LogP contribution < -0.4 is 0 Å². The van der Waals surface area contributed by atoms with Gasteiger partial charge in [0.15, 0.2) is 6.43 Å². The summed E-state index contributed by atoms with van der Waals surface area (Å²) in [6.07, 6.45) is 3.37. The van der Waals surface area contributed by atoms with Gasteiger partial charge in [0, 0.05) is 44.3 Å². The van der Waals surface area contributed by atoms with E-state index in [9.17, 15) is 17.6 Å². The predicted molar refractivity (Wildman–Crippen MR) is 63.4 cm³/mol. The van der Waals surface area contributed by atoms with E-state index in [1.165, 1.54) is 0 Å². The second-order valence-corrected chi connectivity index (χ2v) is 4.36. The summed E-state index contributed by atoms with van der Waals surface area (Å²) in [4.78, 5) is 0. The standard InChI is InChI=1S/C14H17F4.Y/c1-2-3-4-5-6-7-10-8-11(15)13(14(17)18)12(16)9-10;/h8-9H,2-7H2,1H3;/q-1;. The van der Waals surface area contributed by atoms with Gasteiger partial charge >= 0.3 is 0 Å². The maximum Gasteiger partial charge on any atom is 0.164 e. The van der Waals surface area contributed by atoms with E-state index in [1.54, 1.807) is 0 Å². The topological polar surface area (TPSA) is 0 Å². The van der Waals surface area contributed by atoms with Crippen LogP contribution in [0.1, 0.15) is 50.2 Å². The molecule has 1 aromatic rings. The van der Waals surface area contributed by atoms with Gasteiger partial charge in [0.05, 0.1) is 0 Å². The minimum Gasteiger partial charge on any atom is -0.283 e. The summed E-state index contributed by atoms with van der Waals surface area (Å²) in [5.74, 6) is -2.36. The molecule has 5 heteroatoms. The van der Waals surface area contributed by atoms with Gasteiger partial charge in [0.1, 0.15) is 0 Å². The van der Waals surface area contributed by atoms with Crippen LogP contribution in [0.2, 0.25) is 0 Å². The molecule has 0 atom stereocenters. The first-order valence-corrected chi connectivity index (χ1v) is 6.22. The molecule has 1 rings (SSSR count). The third-order valence-electron chi connectivity index (χ3n) is 2.86. The summed E-state index contributed by atoms with van der Waals surface area (Å²) in [6, 6.07) is 1.99.